The zero-order valence-corrected chi connectivity index (χ0v) is 9.51. The number of hydrogen-bond donors (Lipinski definition) is 2. The summed E-state index contributed by atoms with van der Waals surface area (Å²) in [7, 11) is 0. The molecular weight excluding hydrogens is 204 g/mol. The third-order valence-corrected chi connectivity index (χ3v) is 2.49. The van der Waals surface area contributed by atoms with E-state index in [1.165, 1.54) is 0 Å². The molecule has 2 rings (SSSR count). The maximum atomic E-state index is 9.17. The highest BCUT2D eigenvalue weighted by Crippen LogP contribution is 2.17. The van der Waals surface area contributed by atoms with Gasteiger partial charge in [0.15, 0.2) is 5.82 Å². The van der Waals surface area contributed by atoms with Gasteiger partial charge >= 0.3 is 0 Å². The van der Waals surface area contributed by atoms with Gasteiger partial charge in [-0.05, 0) is 6.07 Å². The maximum Gasteiger partial charge on any atom is 0.152 e. The summed E-state index contributed by atoms with van der Waals surface area (Å²) in [5.74, 6) is 0.793. The fourth-order valence-corrected chi connectivity index (χ4v) is 1.37. The highest BCUT2D eigenvalue weighted by molar-refractivity contribution is 5.66. The van der Waals surface area contributed by atoms with E-state index in [4.69, 9.17) is 5.11 Å². The number of aliphatic hydroxyl groups excluding tert-OH is 1. The van der Waals surface area contributed by atoms with Crippen LogP contribution in [0.2, 0.25) is 0 Å². The molecule has 0 aliphatic carbocycles. The highest BCUT2D eigenvalue weighted by atomic mass is 16.3. The van der Waals surface area contributed by atoms with Gasteiger partial charge in [-0.3, -0.25) is 0 Å². The lowest BCUT2D eigenvalue weighted by Gasteiger charge is -2.22. The Balaban J connectivity index is 2.18. The Morgan fingerprint density at radius 2 is 2.25 bits per heavy atom. The maximum absolute atomic E-state index is 9.17. The van der Waals surface area contributed by atoms with Crippen LogP contribution in [-0.2, 0) is 0 Å². The molecule has 2 N–H and O–H groups in total. The van der Waals surface area contributed by atoms with Gasteiger partial charge in [-0.15, -0.1) is 0 Å². The van der Waals surface area contributed by atoms with Gasteiger partial charge in [0, 0.05) is 31.0 Å². The van der Waals surface area contributed by atoms with E-state index in [-0.39, 0.29) is 12.0 Å². The lowest BCUT2D eigenvalue weighted by atomic mass is 9.95. The molecule has 0 saturated carbocycles. The predicted molar refractivity (Wildman–Crippen MR) is 62.3 cm³/mol. The summed E-state index contributed by atoms with van der Waals surface area (Å²) < 4.78 is 1.77. The molecule has 0 unspecified atom stereocenters. The van der Waals surface area contributed by atoms with Crippen molar-refractivity contribution in [2.24, 2.45) is 5.41 Å². The Labute approximate surface area is 94.1 Å². The van der Waals surface area contributed by atoms with Gasteiger partial charge < -0.3 is 10.4 Å². The summed E-state index contributed by atoms with van der Waals surface area (Å²) in [6, 6.07) is 1.90. The molecular formula is C11H16N4O. The zero-order chi connectivity index (χ0) is 11.6. The number of anilines is 1. The van der Waals surface area contributed by atoms with E-state index >= 15 is 0 Å². The van der Waals surface area contributed by atoms with E-state index in [0.29, 0.717) is 6.54 Å². The number of nitrogens with zero attached hydrogens (tertiary/aromatic N) is 3. The van der Waals surface area contributed by atoms with Crippen LogP contribution in [0.25, 0.3) is 5.52 Å². The Kier molecular flexibility index (Phi) is 2.78. The van der Waals surface area contributed by atoms with Gasteiger partial charge in [-0.2, -0.15) is 5.10 Å². The molecule has 0 bridgehead atoms. The fraction of sp³-hybridized carbons (Fsp3) is 0.455. The first kappa shape index (κ1) is 10.9. The second-order valence-corrected chi connectivity index (χ2v) is 4.61. The molecule has 5 heteroatoms. The second kappa shape index (κ2) is 4.09. The van der Waals surface area contributed by atoms with E-state index in [1.54, 1.807) is 23.1 Å². The molecule has 2 aromatic heterocycles. The van der Waals surface area contributed by atoms with Crippen molar-refractivity contribution >= 4 is 11.3 Å². The molecule has 0 atom stereocenters. The lowest BCUT2D eigenvalue weighted by molar-refractivity contribution is 0.171. The number of rotatable bonds is 4. The van der Waals surface area contributed by atoms with Crippen molar-refractivity contribution in [3.8, 4) is 0 Å². The first-order valence-electron chi connectivity index (χ1n) is 5.25. The molecule has 0 saturated heterocycles. The summed E-state index contributed by atoms with van der Waals surface area (Å²) >= 11 is 0. The third kappa shape index (κ3) is 2.14. The summed E-state index contributed by atoms with van der Waals surface area (Å²) in [5.41, 5.74) is 0.783. The van der Waals surface area contributed by atoms with Crippen LogP contribution in [0.1, 0.15) is 13.8 Å². The zero-order valence-electron chi connectivity index (χ0n) is 9.51. The fourth-order valence-electron chi connectivity index (χ4n) is 1.37. The normalized spacial score (nSPS) is 11.9. The Morgan fingerprint density at radius 3 is 3.00 bits per heavy atom. The van der Waals surface area contributed by atoms with E-state index in [0.717, 1.165) is 11.3 Å². The van der Waals surface area contributed by atoms with Crippen molar-refractivity contribution < 1.29 is 5.11 Å². The molecule has 0 radical (unpaired) electrons. The van der Waals surface area contributed by atoms with E-state index in [2.05, 4.69) is 15.4 Å². The van der Waals surface area contributed by atoms with Crippen molar-refractivity contribution in [1.29, 1.82) is 0 Å². The predicted octanol–water partition coefficient (Wildman–Crippen LogP) is 1.16. The SMILES string of the molecule is CC(C)(CO)CNc1nccn2nccc12. The molecule has 2 heterocycles. The van der Waals surface area contributed by atoms with Gasteiger partial charge in [-0.1, -0.05) is 13.8 Å². The molecule has 5 nitrogen and oxygen atoms in total. The molecule has 2 aromatic rings. The Bertz CT molecular complexity index is 478. The summed E-state index contributed by atoms with van der Waals surface area (Å²) in [4.78, 5) is 4.26. The first-order chi connectivity index (χ1) is 7.62. The van der Waals surface area contributed by atoms with E-state index in [9.17, 15) is 0 Å². The van der Waals surface area contributed by atoms with Gasteiger partial charge in [0.2, 0.25) is 0 Å². The van der Waals surface area contributed by atoms with Crippen LogP contribution in [0.15, 0.2) is 24.7 Å². The number of hydrogen-bond acceptors (Lipinski definition) is 4. The van der Waals surface area contributed by atoms with Crippen molar-refractivity contribution in [1.82, 2.24) is 14.6 Å². The Hall–Kier alpha value is -1.62. The van der Waals surface area contributed by atoms with Gasteiger partial charge in [-0.25, -0.2) is 9.50 Å². The summed E-state index contributed by atoms with van der Waals surface area (Å²) in [6.07, 6.45) is 5.24. The average molecular weight is 220 g/mol. The minimum absolute atomic E-state index is 0.141. The van der Waals surface area contributed by atoms with Crippen LogP contribution >= 0.6 is 0 Å². The highest BCUT2D eigenvalue weighted by Gasteiger charge is 2.16. The molecule has 0 fully saturated rings. The van der Waals surface area contributed by atoms with Crippen molar-refractivity contribution in [3.05, 3.63) is 24.7 Å². The van der Waals surface area contributed by atoms with E-state index < -0.39 is 0 Å². The van der Waals surface area contributed by atoms with Crippen LogP contribution < -0.4 is 5.32 Å². The van der Waals surface area contributed by atoms with Crippen molar-refractivity contribution in [2.45, 2.75) is 13.8 Å². The monoisotopic (exact) mass is 220 g/mol. The summed E-state index contributed by atoms with van der Waals surface area (Å²) in [5, 5.41) is 16.5. The number of fused-ring (bicyclic) bond motifs is 1. The van der Waals surface area contributed by atoms with Gasteiger partial charge in [0.05, 0.1) is 6.20 Å². The topological polar surface area (TPSA) is 62.5 Å². The van der Waals surface area contributed by atoms with Gasteiger partial charge in [0.25, 0.3) is 0 Å². The van der Waals surface area contributed by atoms with Gasteiger partial charge in [0.1, 0.15) is 5.52 Å². The molecule has 16 heavy (non-hydrogen) atoms. The minimum Gasteiger partial charge on any atom is -0.396 e. The van der Waals surface area contributed by atoms with Crippen LogP contribution in [-0.4, -0.2) is 32.9 Å². The standard InChI is InChI=1S/C11H16N4O/c1-11(2,8-16)7-13-10-9-3-4-14-15(9)6-5-12-10/h3-6,16H,7-8H2,1-2H3,(H,12,13). The molecule has 0 aliphatic rings. The quantitative estimate of drug-likeness (QED) is 0.811. The van der Waals surface area contributed by atoms with Crippen molar-refractivity contribution in [2.75, 3.05) is 18.5 Å². The summed E-state index contributed by atoms with van der Waals surface area (Å²) in [6.45, 7) is 4.80. The van der Waals surface area contributed by atoms with Crippen LogP contribution in [0.5, 0.6) is 0 Å². The Morgan fingerprint density at radius 1 is 1.44 bits per heavy atom. The third-order valence-electron chi connectivity index (χ3n) is 2.49. The van der Waals surface area contributed by atoms with Crippen LogP contribution in [0.3, 0.4) is 0 Å². The number of nitrogens with one attached hydrogen (secondary N) is 1. The largest absolute Gasteiger partial charge is 0.396 e. The number of aliphatic hydroxyl groups is 1. The number of aromatic nitrogens is 3. The lowest BCUT2D eigenvalue weighted by Crippen LogP contribution is -2.27. The molecule has 0 spiro atoms. The second-order valence-electron chi connectivity index (χ2n) is 4.61. The molecule has 0 aromatic carbocycles. The smallest absolute Gasteiger partial charge is 0.152 e. The van der Waals surface area contributed by atoms with E-state index in [1.807, 2.05) is 19.9 Å². The molecule has 86 valence electrons. The minimum atomic E-state index is -0.158. The average Bonchev–Trinajstić information content (AvgIpc) is 2.75. The van der Waals surface area contributed by atoms with Crippen LogP contribution in [0, 0.1) is 5.41 Å². The molecule has 0 amide bonds. The molecule has 0 aliphatic heterocycles. The van der Waals surface area contributed by atoms with Crippen LogP contribution in [0.4, 0.5) is 5.82 Å². The first-order valence-corrected chi connectivity index (χ1v) is 5.25. The van der Waals surface area contributed by atoms with Crippen molar-refractivity contribution in [3.63, 3.8) is 0 Å².